The molecular weight excluding hydrogens is 136 g/mol. The predicted molar refractivity (Wildman–Crippen MR) is 37.2 cm³/mol. The van der Waals surface area contributed by atoms with E-state index in [4.69, 9.17) is 4.74 Å². The van der Waals surface area contributed by atoms with Gasteiger partial charge in [-0.3, -0.25) is 4.79 Å². The lowest BCUT2D eigenvalue weighted by Crippen LogP contribution is -2.00. The van der Waals surface area contributed by atoms with Gasteiger partial charge < -0.3 is 4.74 Å². The molecule has 1 atom stereocenters. The summed E-state index contributed by atoms with van der Waals surface area (Å²) in [6.45, 7) is 2.07. The van der Waals surface area contributed by atoms with Crippen molar-refractivity contribution in [3.63, 3.8) is 0 Å². The Balaban J connectivity index is 2.22. The van der Waals surface area contributed by atoms with Gasteiger partial charge in [0.05, 0.1) is 0 Å². The lowest BCUT2D eigenvalue weighted by atomic mass is 10.4. The molecule has 1 fully saturated rings. The summed E-state index contributed by atoms with van der Waals surface area (Å²) in [5.41, 5.74) is 0.155. The van der Waals surface area contributed by atoms with Crippen LogP contribution in [-0.4, -0.2) is 17.2 Å². The first kappa shape index (κ1) is 6.93. The number of rotatable bonds is 2. The molecule has 0 bridgehead atoms. The summed E-state index contributed by atoms with van der Waals surface area (Å²) in [6, 6.07) is 0. The molecule has 0 spiro atoms. The SMILES string of the molecule is CCSC1CCC(=O)O1. The van der Waals surface area contributed by atoms with Crippen LogP contribution in [0.5, 0.6) is 0 Å². The first-order valence-corrected chi connectivity index (χ1v) is 4.19. The lowest BCUT2D eigenvalue weighted by molar-refractivity contribution is -0.138. The van der Waals surface area contributed by atoms with Crippen LogP contribution in [0.25, 0.3) is 0 Å². The number of ether oxygens (including phenoxy) is 1. The van der Waals surface area contributed by atoms with Crippen LogP contribution in [0, 0.1) is 0 Å². The van der Waals surface area contributed by atoms with Gasteiger partial charge in [-0.15, -0.1) is 11.8 Å². The molecule has 3 heteroatoms. The van der Waals surface area contributed by atoms with Gasteiger partial charge in [0.15, 0.2) is 0 Å². The maximum Gasteiger partial charge on any atom is 0.307 e. The van der Waals surface area contributed by atoms with Gasteiger partial charge in [0.25, 0.3) is 0 Å². The molecule has 52 valence electrons. The van der Waals surface area contributed by atoms with E-state index in [2.05, 4.69) is 6.92 Å². The molecule has 0 aromatic heterocycles. The standard InChI is InChI=1S/C6H10O2S/c1-2-9-6-4-3-5(7)8-6/h6H,2-4H2,1H3. The van der Waals surface area contributed by atoms with Crippen molar-refractivity contribution in [3.05, 3.63) is 0 Å². The van der Waals surface area contributed by atoms with Gasteiger partial charge in [-0.1, -0.05) is 6.92 Å². The van der Waals surface area contributed by atoms with Crippen LogP contribution in [0.2, 0.25) is 0 Å². The smallest absolute Gasteiger partial charge is 0.307 e. The molecule has 0 aromatic rings. The minimum atomic E-state index is -0.0408. The summed E-state index contributed by atoms with van der Waals surface area (Å²) >= 11 is 1.70. The zero-order valence-electron chi connectivity index (χ0n) is 5.42. The van der Waals surface area contributed by atoms with Crippen molar-refractivity contribution in [1.29, 1.82) is 0 Å². The monoisotopic (exact) mass is 146 g/mol. The minimum Gasteiger partial charge on any atom is -0.451 e. The second kappa shape index (κ2) is 3.11. The van der Waals surface area contributed by atoms with Crippen molar-refractivity contribution in [2.45, 2.75) is 25.2 Å². The van der Waals surface area contributed by atoms with Gasteiger partial charge in [0.2, 0.25) is 0 Å². The quantitative estimate of drug-likeness (QED) is 0.551. The van der Waals surface area contributed by atoms with E-state index in [-0.39, 0.29) is 11.4 Å². The summed E-state index contributed by atoms with van der Waals surface area (Å²) in [5, 5.41) is 0. The lowest BCUT2D eigenvalue weighted by Gasteiger charge is -2.04. The summed E-state index contributed by atoms with van der Waals surface area (Å²) in [7, 11) is 0. The summed E-state index contributed by atoms with van der Waals surface area (Å²) in [5.74, 6) is 0.985. The number of hydrogen-bond acceptors (Lipinski definition) is 3. The van der Waals surface area contributed by atoms with Crippen LogP contribution >= 0.6 is 11.8 Å². The zero-order chi connectivity index (χ0) is 6.69. The third kappa shape index (κ3) is 1.90. The highest BCUT2D eigenvalue weighted by Crippen LogP contribution is 2.23. The van der Waals surface area contributed by atoms with E-state index in [0.29, 0.717) is 6.42 Å². The highest BCUT2D eigenvalue weighted by molar-refractivity contribution is 7.99. The van der Waals surface area contributed by atoms with E-state index < -0.39 is 0 Å². The van der Waals surface area contributed by atoms with Crippen LogP contribution in [0.4, 0.5) is 0 Å². The van der Waals surface area contributed by atoms with Gasteiger partial charge in [0.1, 0.15) is 5.44 Å². The topological polar surface area (TPSA) is 26.3 Å². The fourth-order valence-electron chi connectivity index (χ4n) is 0.803. The Bertz CT molecular complexity index is 114. The molecule has 0 amide bonds. The number of thioether (sulfide) groups is 1. The van der Waals surface area contributed by atoms with E-state index >= 15 is 0 Å². The van der Waals surface area contributed by atoms with Crippen LogP contribution in [0.1, 0.15) is 19.8 Å². The van der Waals surface area contributed by atoms with Crippen LogP contribution in [0.15, 0.2) is 0 Å². The fourth-order valence-corrected chi connectivity index (χ4v) is 1.64. The molecule has 1 saturated heterocycles. The van der Waals surface area contributed by atoms with Crippen molar-refractivity contribution < 1.29 is 9.53 Å². The predicted octanol–water partition coefficient (Wildman–Crippen LogP) is 1.40. The summed E-state index contributed by atoms with van der Waals surface area (Å²) in [4.78, 5) is 10.5. The van der Waals surface area contributed by atoms with Crippen molar-refractivity contribution in [2.24, 2.45) is 0 Å². The third-order valence-electron chi connectivity index (χ3n) is 1.20. The molecule has 1 heterocycles. The van der Waals surface area contributed by atoms with Gasteiger partial charge in [-0.05, 0) is 5.75 Å². The number of carbonyl (C=O) groups excluding carboxylic acids is 1. The summed E-state index contributed by atoms with van der Waals surface area (Å²) < 4.78 is 4.93. The average molecular weight is 146 g/mol. The maximum absolute atomic E-state index is 10.5. The van der Waals surface area contributed by atoms with Gasteiger partial charge in [0, 0.05) is 12.8 Å². The Kier molecular flexibility index (Phi) is 2.39. The normalized spacial score (nSPS) is 26.3. The van der Waals surface area contributed by atoms with E-state index in [1.165, 1.54) is 0 Å². The number of hydrogen-bond donors (Lipinski definition) is 0. The summed E-state index contributed by atoms with van der Waals surface area (Å²) in [6.07, 6.45) is 1.51. The van der Waals surface area contributed by atoms with Gasteiger partial charge in [-0.2, -0.15) is 0 Å². The van der Waals surface area contributed by atoms with Crippen molar-refractivity contribution in [3.8, 4) is 0 Å². The minimum absolute atomic E-state index is 0.0408. The molecule has 0 radical (unpaired) electrons. The first-order valence-electron chi connectivity index (χ1n) is 3.14. The van der Waals surface area contributed by atoms with Gasteiger partial charge >= 0.3 is 5.97 Å². The molecule has 2 nitrogen and oxygen atoms in total. The molecule has 1 rings (SSSR count). The molecule has 0 aromatic carbocycles. The zero-order valence-corrected chi connectivity index (χ0v) is 6.24. The highest BCUT2D eigenvalue weighted by atomic mass is 32.2. The Morgan fingerprint density at radius 3 is 3.11 bits per heavy atom. The van der Waals surface area contributed by atoms with Crippen LogP contribution in [-0.2, 0) is 9.53 Å². The number of esters is 1. The van der Waals surface area contributed by atoms with Crippen molar-refractivity contribution in [1.82, 2.24) is 0 Å². The molecule has 0 saturated carbocycles. The molecule has 0 aliphatic carbocycles. The molecule has 1 unspecified atom stereocenters. The van der Waals surface area contributed by atoms with Crippen LogP contribution in [0.3, 0.4) is 0 Å². The third-order valence-corrected chi connectivity index (χ3v) is 2.24. The highest BCUT2D eigenvalue weighted by Gasteiger charge is 2.22. The molecule has 1 aliphatic heterocycles. The van der Waals surface area contributed by atoms with E-state index in [1.807, 2.05) is 0 Å². The second-order valence-corrected chi connectivity index (χ2v) is 3.35. The molecular formula is C6H10O2S. The van der Waals surface area contributed by atoms with Crippen molar-refractivity contribution in [2.75, 3.05) is 5.75 Å². The molecule has 0 N–H and O–H groups in total. The van der Waals surface area contributed by atoms with E-state index in [9.17, 15) is 4.79 Å². The van der Waals surface area contributed by atoms with Gasteiger partial charge in [-0.25, -0.2) is 0 Å². The number of carbonyl (C=O) groups is 1. The Morgan fingerprint density at radius 2 is 2.67 bits per heavy atom. The average Bonchev–Trinajstić information content (AvgIpc) is 2.17. The number of cyclic esters (lactones) is 1. The molecule has 1 aliphatic rings. The molecule has 9 heavy (non-hydrogen) atoms. The Morgan fingerprint density at radius 1 is 1.89 bits per heavy atom. The fraction of sp³-hybridized carbons (Fsp3) is 0.833. The van der Waals surface area contributed by atoms with Crippen LogP contribution < -0.4 is 0 Å². The maximum atomic E-state index is 10.5. The second-order valence-electron chi connectivity index (χ2n) is 1.91. The largest absolute Gasteiger partial charge is 0.451 e. The van der Waals surface area contributed by atoms with E-state index in [0.717, 1.165) is 12.2 Å². The Labute approximate surface area is 59.0 Å². The van der Waals surface area contributed by atoms with Crippen molar-refractivity contribution >= 4 is 17.7 Å². The first-order chi connectivity index (χ1) is 4.33. The van der Waals surface area contributed by atoms with E-state index in [1.54, 1.807) is 11.8 Å². The Hall–Kier alpha value is -0.180.